The van der Waals surface area contributed by atoms with E-state index in [2.05, 4.69) is 21.6 Å². The number of aromatic nitrogens is 3. The third-order valence-electron chi connectivity index (χ3n) is 5.12. The molecule has 0 fully saturated rings. The molecule has 144 valence electrons. The molecule has 0 spiro atoms. The first kappa shape index (κ1) is 18.2. The highest BCUT2D eigenvalue weighted by Crippen LogP contribution is 2.37. The van der Waals surface area contributed by atoms with Crippen molar-refractivity contribution in [3.05, 3.63) is 52.4 Å². The van der Waals surface area contributed by atoms with Gasteiger partial charge in [0, 0.05) is 4.88 Å². The number of nitrogens with one attached hydrogen (secondary N) is 1. The summed E-state index contributed by atoms with van der Waals surface area (Å²) in [5.74, 6) is 0.0688. The number of fused-ring (bicyclic) bond motifs is 4. The number of hydrogen-bond acceptors (Lipinski definition) is 6. The van der Waals surface area contributed by atoms with Crippen LogP contribution in [0.5, 0.6) is 0 Å². The first-order chi connectivity index (χ1) is 14.2. The number of aryl methyl sites for hydroxylation is 1. The molecule has 29 heavy (non-hydrogen) atoms. The van der Waals surface area contributed by atoms with Crippen molar-refractivity contribution in [1.82, 2.24) is 14.6 Å². The fraction of sp³-hybridized carbons (Fsp3) is 0.238. The van der Waals surface area contributed by atoms with Gasteiger partial charge in [-0.25, -0.2) is 0 Å². The normalized spacial score (nSPS) is 13.3. The Morgan fingerprint density at radius 3 is 2.97 bits per heavy atom. The van der Waals surface area contributed by atoms with Gasteiger partial charge >= 0.3 is 0 Å². The first-order valence-corrected chi connectivity index (χ1v) is 11.2. The van der Waals surface area contributed by atoms with E-state index in [0.29, 0.717) is 15.7 Å². The number of nitriles is 1. The molecule has 4 aromatic rings. The second kappa shape index (κ2) is 7.50. The van der Waals surface area contributed by atoms with Gasteiger partial charge in [-0.15, -0.1) is 21.5 Å². The van der Waals surface area contributed by atoms with Gasteiger partial charge in [0.25, 0.3) is 0 Å². The van der Waals surface area contributed by atoms with Crippen molar-refractivity contribution in [3.8, 4) is 6.07 Å². The highest BCUT2D eigenvalue weighted by atomic mass is 32.2. The van der Waals surface area contributed by atoms with E-state index in [-0.39, 0.29) is 11.7 Å². The lowest BCUT2D eigenvalue weighted by molar-refractivity contribution is -0.113. The van der Waals surface area contributed by atoms with Crippen molar-refractivity contribution in [1.29, 1.82) is 5.26 Å². The van der Waals surface area contributed by atoms with Gasteiger partial charge in [0.15, 0.2) is 10.8 Å². The minimum absolute atomic E-state index is 0.137. The van der Waals surface area contributed by atoms with E-state index >= 15 is 0 Å². The van der Waals surface area contributed by atoms with Crippen molar-refractivity contribution in [2.45, 2.75) is 30.8 Å². The van der Waals surface area contributed by atoms with Crippen LogP contribution in [0.2, 0.25) is 0 Å². The third-order valence-corrected chi connectivity index (χ3v) is 7.25. The van der Waals surface area contributed by atoms with Crippen molar-refractivity contribution < 1.29 is 4.79 Å². The van der Waals surface area contributed by atoms with Crippen LogP contribution in [0, 0.1) is 11.3 Å². The van der Waals surface area contributed by atoms with Gasteiger partial charge in [-0.1, -0.05) is 30.0 Å². The molecule has 0 aliphatic heterocycles. The molecule has 1 aliphatic rings. The number of nitrogens with zero attached hydrogens (tertiary/aromatic N) is 4. The minimum Gasteiger partial charge on any atom is -0.316 e. The fourth-order valence-electron chi connectivity index (χ4n) is 3.77. The van der Waals surface area contributed by atoms with Crippen molar-refractivity contribution in [2.24, 2.45) is 0 Å². The van der Waals surface area contributed by atoms with Crippen molar-refractivity contribution >= 4 is 50.6 Å². The maximum Gasteiger partial charge on any atom is 0.235 e. The molecule has 0 radical (unpaired) electrons. The topological polar surface area (TPSA) is 83.1 Å². The largest absolute Gasteiger partial charge is 0.316 e. The highest BCUT2D eigenvalue weighted by Gasteiger charge is 2.22. The summed E-state index contributed by atoms with van der Waals surface area (Å²) in [6, 6.07) is 14.3. The fourth-order valence-corrected chi connectivity index (χ4v) is 5.78. The lowest BCUT2D eigenvalue weighted by Gasteiger charge is -2.09. The molecule has 0 atom stereocenters. The van der Waals surface area contributed by atoms with E-state index < -0.39 is 0 Å². The van der Waals surface area contributed by atoms with Crippen LogP contribution in [0.4, 0.5) is 5.00 Å². The van der Waals surface area contributed by atoms with Crippen molar-refractivity contribution in [2.75, 3.05) is 11.1 Å². The Bertz CT molecular complexity index is 1280. The van der Waals surface area contributed by atoms with Gasteiger partial charge in [-0.05, 0) is 54.8 Å². The van der Waals surface area contributed by atoms with Gasteiger partial charge in [0.1, 0.15) is 11.1 Å². The summed E-state index contributed by atoms with van der Waals surface area (Å²) in [4.78, 5) is 13.8. The number of carbonyl (C=O) groups excluding carboxylic acids is 1. The maximum atomic E-state index is 12.6. The maximum absolute atomic E-state index is 12.6. The minimum atomic E-state index is -0.137. The molecule has 0 saturated carbocycles. The number of rotatable bonds is 4. The number of para-hydroxylation sites is 1. The van der Waals surface area contributed by atoms with Crippen LogP contribution in [0.1, 0.15) is 28.8 Å². The Labute approximate surface area is 175 Å². The summed E-state index contributed by atoms with van der Waals surface area (Å²) in [6.07, 6.45) is 4.18. The number of thiophene rings is 1. The summed E-state index contributed by atoms with van der Waals surface area (Å²) < 4.78 is 1.97. The summed E-state index contributed by atoms with van der Waals surface area (Å²) in [6.45, 7) is 0. The summed E-state index contributed by atoms with van der Waals surface area (Å²) >= 11 is 2.89. The molecule has 3 aromatic heterocycles. The van der Waals surface area contributed by atoms with Gasteiger partial charge in [-0.3, -0.25) is 9.20 Å². The molecule has 0 unspecified atom stereocenters. The van der Waals surface area contributed by atoms with Crippen LogP contribution < -0.4 is 5.32 Å². The SMILES string of the molecule is N#Cc1c(NC(=O)CSc2nnc3ccc4ccccc4n23)sc2c1CCCC2. The predicted octanol–water partition coefficient (Wildman–Crippen LogP) is 4.43. The molecule has 0 bridgehead atoms. The first-order valence-electron chi connectivity index (χ1n) is 9.45. The molecular weight excluding hydrogens is 402 g/mol. The number of thioether (sulfide) groups is 1. The van der Waals surface area contributed by atoms with Gasteiger partial charge in [0.05, 0.1) is 16.8 Å². The molecule has 8 heteroatoms. The highest BCUT2D eigenvalue weighted by molar-refractivity contribution is 7.99. The van der Waals surface area contributed by atoms with E-state index in [9.17, 15) is 10.1 Å². The van der Waals surface area contributed by atoms with E-state index in [0.717, 1.165) is 47.8 Å². The lowest BCUT2D eigenvalue weighted by atomic mass is 9.96. The van der Waals surface area contributed by atoms with Crippen LogP contribution in [-0.2, 0) is 17.6 Å². The third kappa shape index (κ3) is 3.26. The average Bonchev–Trinajstić information content (AvgIpc) is 3.33. The van der Waals surface area contributed by atoms with Crippen LogP contribution in [-0.4, -0.2) is 26.3 Å². The number of amides is 1. The van der Waals surface area contributed by atoms with E-state index in [4.69, 9.17) is 0 Å². The van der Waals surface area contributed by atoms with E-state index in [1.165, 1.54) is 16.6 Å². The molecule has 5 rings (SSSR count). The number of hydrogen-bond donors (Lipinski definition) is 1. The molecular formula is C21H17N5OS2. The van der Waals surface area contributed by atoms with Crippen LogP contribution in [0.15, 0.2) is 41.6 Å². The summed E-state index contributed by atoms with van der Waals surface area (Å²) in [5, 5.41) is 23.4. The molecule has 1 aliphatic carbocycles. The molecule has 3 heterocycles. The predicted molar refractivity (Wildman–Crippen MR) is 116 cm³/mol. The Morgan fingerprint density at radius 1 is 1.21 bits per heavy atom. The van der Waals surface area contributed by atoms with Gasteiger partial charge in [-0.2, -0.15) is 5.26 Å². The molecule has 0 saturated heterocycles. The second-order valence-electron chi connectivity index (χ2n) is 6.93. The van der Waals surface area contributed by atoms with Crippen LogP contribution >= 0.6 is 23.1 Å². The van der Waals surface area contributed by atoms with Gasteiger partial charge < -0.3 is 5.32 Å². The zero-order valence-electron chi connectivity index (χ0n) is 15.5. The second-order valence-corrected chi connectivity index (χ2v) is 8.98. The Morgan fingerprint density at radius 2 is 2.07 bits per heavy atom. The Hall–Kier alpha value is -2.89. The number of pyridine rings is 1. The molecule has 1 amide bonds. The monoisotopic (exact) mass is 419 g/mol. The number of carbonyl (C=O) groups is 1. The van der Waals surface area contributed by atoms with Crippen LogP contribution in [0.3, 0.4) is 0 Å². The average molecular weight is 420 g/mol. The summed E-state index contributed by atoms with van der Waals surface area (Å²) in [7, 11) is 0. The van der Waals surface area contributed by atoms with Crippen LogP contribution in [0.25, 0.3) is 16.6 Å². The molecule has 1 N–H and O–H groups in total. The van der Waals surface area contributed by atoms with E-state index in [1.807, 2.05) is 40.8 Å². The zero-order valence-corrected chi connectivity index (χ0v) is 17.1. The quantitative estimate of drug-likeness (QED) is 0.495. The van der Waals surface area contributed by atoms with Crippen molar-refractivity contribution in [3.63, 3.8) is 0 Å². The van der Waals surface area contributed by atoms with Gasteiger partial charge in [0.2, 0.25) is 5.91 Å². The Balaban J connectivity index is 1.36. The molecule has 1 aromatic carbocycles. The number of anilines is 1. The zero-order chi connectivity index (χ0) is 19.8. The smallest absolute Gasteiger partial charge is 0.235 e. The van der Waals surface area contributed by atoms with E-state index in [1.54, 1.807) is 11.3 Å². The number of benzene rings is 1. The standard InChI is InChI=1S/C21H17N5OS2/c22-11-15-14-6-2-4-8-17(14)29-20(15)23-19(27)12-28-21-25-24-18-10-9-13-5-1-3-7-16(13)26(18)21/h1,3,5,7,9-10H,2,4,6,8,12H2,(H,23,27). The Kier molecular flexibility index (Phi) is 4.70. The lowest BCUT2D eigenvalue weighted by Crippen LogP contribution is -2.14. The molecule has 6 nitrogen and oxygen atoms in total. The summed E-state index contributed by atoms with van der Waals surface area (Å²) in [5.41, 5.74) is 3.53.